The molecule has 0 fully saturated rings. The van der Waals surface area contributed by atoms with E-state index >= 15 is 0 Å². The first-order valence-electron chi connectivity index (χ1n) is 8.77. The highest BCUT2D eigenvalue weighted by atomic mass is 16.4. The van der Waals surface area contributed by atoms with Crippen molar-refractivity contribution in [3.63, 3.8) is 0 Å². The average molecular weight is 357 g/mol. The highest BCUT2D eigenvalue weighted by Crippen LogP contribution is 2.14. The van der Waals surface area contributed by atoms with E-state index in [1.165, 1.54) is 11.8 Å². The zero-order valence-corrected chi connectivity index (χ0v) is 15.7. The normalized spacial score (nSPS) is 13.6. The van der Waals surface area contributed by atoms with Crippen LogP contribution >= 0.6 is 0 Å². The molecule has 0 heterocycles. The third-order valence-corrected chi connectivity index (χ3v) is 4.03. The monoisotopic (exact) mass is 357 g/mol. The first-order valence-corrected chi connectivity index (χ1v) is 8.77. The second-order valence-electron chi connectivity index (χ2n) is 6.65. The number of nitrogens with one attached hydrogen (secondary N) is 2. The smallest absolute Gasteiger partial charge is 0.326 e. The summed E-state index contributed by atoms with van der Waals surface area (Å²) in [6.07, 6.45) is 2.52. The van der Waals surface area contributed by atoms with Gasteiger partial charge in [-0.05, 0) is 36.8 Å². The summed E-state index contributed by atoms with van der Waals surface area (Å²) < 4.78 is 0. The fourth-order valence-corrected chi connectivity index (χ4v) is 2.44. The maximum absolute atomic E-state index is 12.3. The van der Waals surface area contributed by atoms with Gasteiger partial charge in [-0.15, -0.1) is 0 Å². The molecule has 1 amide bonds. The van der Waals surface area contributed by atoms with Gasteiger partial charge >= 0.3 is 5.97 Å². The van der Waals surface area contributed by atoms with Gasteiger partial charge < -0.3 is 15.7 Å². The van der Waals surface area contributed by atoms with E-state index in [-0.39, 0.29) is 17.5 Å². The molecule has 140 valence electrons. The lowest BCUT2D eigenvalue weighted by atomic mass is 10.0. The molecular formula is C20H27N3O3. The Bertz CT molecular complexity index is 687. The number of carbonyl (C=O) groups is 2. The molecule has 3 N–H and O–H groups in total. The number of amides is 1. The Labute approximate surface area is 154 Å². The molecule has 1 rings (SSSR count). The number of carboxylic acids is 1. The number of carboxylic acid groups (broad SMARTS) is 1. The third kappa shape index (κ3) is 6.60. The van der Waals surface area contributed by atoms with Gasteiger partial charge in [-0.25, -0.2) is 4.79 Å². The lowest BCUT2D eigenvalue weighted by molar-refractivity contribution is -0.139. The fourth-order valence-electron chi connectivity index (χ4n) is 2.44. The quantitative estimate of drug-likeness (QED) is 0.466. The van der Waals surface area contributed by atoms with Crippen molar-refractivity contribution in [3.05, 3.63) is 47.2 Å². The van der Waals surface area contributed by atoms with Gasteiger partial charge in [-0.2, -0.15) is 5.26 Å². The number of aliphatic carboxylic acids is 1. The van der Waals surface area contributed by atoms with E-state index in [1.807, 2.05) is 51.1 Å². The molecule has 1 aromatic rings. The predicted molar refractivity (Wildman–Crippen MR) is 100 cm³/mol. The van der Waals surface area contributed by atoms with Gasteiger partial charge in [0.25, 0.3) is 5.91 Å². The Morgan fingerprint density at radius 2 is 1.85 bits per heavy atom. The average Bonchev–Trinajstić information content (AvgIpc) is 2.60. The predicted octanol–water partition coefficient (Wildman–Crippen LogP) is 2.92. The van der Waals surface area contributed by atoms with Crippen LogP contribution in [0.1, 0.15) is 51.3 Å². The van der Waals surface area contributed by atoms with Crippen LogP contribution in [0.15, 0.2) is 36.0 Å². The van der Waals surface area contributed by atoms with E-state index in [9.17, 15) is 20.0 Å². The minimum Gasteiger partial charge on any atom is -0.480 e. The number of nitrogens with zero attached hydrogens (tertiary/aromatic N) is 1. The van der Waals surface area contributed by atoms with Crippen LogP contribution in [0.25, 0.3) is 0 Å². The van der Waals surface area contributed by atoms with Crippen molar-refractivity contribution in [3.8, 4) is 6.07 Å². The van der Waals surface area contributed by atoms with Crippen LogP contribution in [0.4, 0.5) is 0 Å². The van der Waals surface area contributed by atoms with E-state index in [1.54, 1.807) is 0 Å². The van der Waals surface area contributed by atoms with Gasteiger partial charge in [0.1, 0.15) is 17.7 Å². The molecule has 0 radical (unpaired) electrons. The van der Waals surface area contributed by atoms with Crippen LogP contribution < -0.4 is 10.6 Å². The van der Waals surface area contributed by atoms with Crippen LogP contribution in [0.2, 0.25) is 0 Å². The minimum atomic E-state index is -1.02. The van der Waals surface area contributed by atoms with Gasteiger partial charge in [0.15, 0.2) is 0 Å². The third-order valence-electron chi connectivity index (χ3n) is 4.03. The van der Waals surface area contributed by atoms with E-state index in [2.05, 4.69) is 17.6 Å². The molecule has 0 saturated carbocycles. The fraction of sp³-hybridized carbons (Fsp3) is 0.450. The largest absolute Gasteiger partial charge is 0.480 e. The molecule has 2 atom stereocenters. The van der Waals surface area contributed by atoms with Crippen molar-refractivity contribution in [2.24, 2.45) is 5.92 Å². The molecule has 0 spiro atoms. The summed E-state index contributed by atoms with van der Waals surface area (Å²) in [5.74, 6) is -1.39. The van der Waals surface area contributed by atoms with Crippen LogP contribution in [0.5, 0.6) is 0 Å². The maximum atomic E-state index is 12.3. The Kier molecular flexibility index (Phi) is 8.36. The molecule has 0 aliphatic carbocycles. The zero-order valence-electron chi connectivity index (χ0n) is 15.7. The minimum absolute atomic E-state index is 0.156. The Morgan fingerprint density at radius 1 is 1.23 bits per heavy atom. The summed E-state index contributed by atoms with van der Waals surface area (Å²) in [6.45, 7) is 7.72. The summed E-state index contributed by atoms with van der Waals surface area (Å²) in [5, 5.41) is 23.8. The summed E-state index contributed by atoms with van der Waals surface area (Å²) in [4.78, 5) is 23.5. The molecular weight excluding hydrogens is 330 g/mol. The SMILES string of the molecule is CCc1ccc(C(C)NC(=O)/C(C#N)=C\NC(CC(C)C)C(=O)O)cc1. The summed E-state index contributed by atoms with van der Waals surface area (Å²) >= 11 is 0. The number of hydrogen-bond donors (Lipinski definition) is 3. The van der Waals surface area contributed by atoms with Crippen molar-refractivity contribution in [1.29, 1.82) is 5.26 Å². The molecule has 26 heavy (non-hydrogen) atoms. The number of aryl methyl sites for hydroxylation is 1. The van der Waals surface area contributed by atoms with Crippen LogP contribution in [-0.2, 0) is 16.0 Å². The van der Waals surface area contributed by atoms with E-state index in [0.29, 0.717) is 6.42 Å². The lowest BCUT2D eigenvalue weighted by Crippen LogP contribution is -2.36. The van der Waals surface area contributed by atoms with Gasteiger partial charge in [-0.1, -0.05) is 45.0 Å². The molecule has 2 unspecified atom stereocenters. The second-order valence-corrected chi connectivity index (χ2v) is 6.65. The topological polar surface area (TPSA) is 102 Å². The number of benzene rings is 1. The van der Waals surface area contributed by atoms with Crippen LogP contribution in [0.3, 0.4) is 0 Å². The molecule has 6 nitrogen and oxygen atoms in total. The Morgan fingerprint density at radius 3 is 2.31 bits per heavy atom. The highest BCUT2D eigenvalue weighted by molar-refractivity contribution is 5.97. The van der Waals surface area contributed by atoms with Crippen LogP contribution in [-0.4, -0.2) is 23.0 Å². The van der Waals surface area contributed by atoms with Crippen molar-refractivity contribution >= 4 is 11.9 Å². The molecule has 0 aliphatic rings. The van der Waals surface area contributed by atoms with Gasteiger partial charge in [0, 0.05) is 6.20 Å². The maximum Gasteiger partial charge on any atom is 0.326 e. The van der Waals surface area contributed by atoms with E-state index in [4.69, 9.17) is 0 Å². The van der Waals surface area contributed by atoms with Gasteiger partial charge in [-0.3, -0.25) is 4.79 Å². The Balaban J connectivity index is 2.77. The second kappa shape index (κ2) is 10.2. The molecule has 0 aliphatic heterocycles. The molecule has 0 aromatic heterocycles. The number of rotatable bonds is 9. The first kappa shape index (κ1) is 21.2. The van der Waals surface area contributed by atoms with E-state index in [0.717, 1.165) is 12.0 Å². The zero-order chi connectivity index (χ0) is 19.7. The number of hydrogen-bond acceptors (Lipinski definition) is 4. The lowest BCUT2D eigenvalue weighted by Gasteiger charge is -2.16. The standard InChI is InChI=1S/C20H27N3O3/c1-5-15-6-8-16(9-7-15)14(4)23-19(24)17(11-21)12-22-18(20(25)26)10-13(2)3/h6-9,12-14,18,22H,5,10H2,1-4H3,(H,23,24)(H,25,26)/b17-12-. The summed E-state index contributed by atoms with van der Waals surface area (Å²) in [7, 11) is 0. The van der Waals surface area contributed by atoms with Crippen molar-refractivity contribution in [2.45, 2.75) is 52.6 Å². The Hall–Kier alpha value is -2.81. The van der Waals surface area contributed by atoms with E-state index < -0.39 is 17.9 Å². The molecule has 1 aromatic carbocycles. The van der Waals surface area contributed by atoms with Crippen molar-refractivity contribution in [1.82, 2.24) is 10.6 Å². The van der Waals surface area contributed by atoms with Gasteiger partial charge in [0.05, 0.1) is 6.04 Å². The molecule has 6 heteroatoms. The van der Waals surface area contributed by atoms with Gasteiger partial charge in [0.2, 0.25) is 0 Å². The van der Waals surface area contributed by atoms with Crippen molar-refractivity contribution < 1.29 is 14.7 Å². The van der Waals surface area contributed by atoms with Crippen LogP contribution in [0, 0.1) is 17.2 Å². The summed E-state index contributed by atoms with van der Waals surface area (Å²) in [6, 6.07) is 8.61. The summed E-state index contributed by atoms with van der Waals surface area (Å²) in [5.41, 5.74) is 1.99. The molecule has 0 bridgehead atoms. The number of carbonyl (C=O) groups excluding carboxylic acids is 1. The number of nitriles is 1. The first-order chi connectivity index (χ1) is 12.3. The van der Waals surface area contributed by atoms with Crippen molar-refractivity contribution in [2.75, 3.05) is 0 Å². The molecule has 0 saturated heterocycles. The highest BCUT2D eigenvalue weighted by Gasteiger charge is 2.19.